The van der Waals surface area contributed by atoms with E-state index in [1.165, 1.54) is 0 Å². The van der Waals surface area contributed by atoms with Crippen molar-refractivity contribution in [2.75, 3.05) is 13.2 Å². The van der Waals surface area contributed by atoms with Crippen LogP contribution in [-0.4, -0.2) is 47.8 Å². The second-order valence-corrected chi connectivity index (χ2v) is 6.40. The van der Waals surface area contributed by atoms with Gasteiger partial charge in [-0.1, -0.05) is 60.7 Å². The van der Waals surface area contributed by atoms with Crippen LogP contribution in [0.25, 0.3) is 0 Å². The van der Waals surface area contributed by atoms with E-state index in [2.05, 4.69) is 0 Å². The SMILES string of the molecule is OC[C@@H]1O[C@@H](c2ccccc2)O[C@H]1[C@@H]1O[C@H](c2ccccc2)O[C@@H]1CO. The molecule has 26 heavy (non-hydrogen) atoms. The van der Waals surface area contributed by atoms with Gasteiger partial charge in [0.25, 0.3) is 0 Å². The summed E-state index contributed by atoms with van der Waals surface area (Å²) >= 11 is 0. The Morgan fingerprint density at radius 1 is 0.577 bits per heavy atom. The highest BCUT2D eigenvalue weighted by Gasteiger charge is 2.49. The molecule has 0 bridgehead atoms. The summed E-state index contributed by atoms with van der Waals surface area (Å²) in [7, 11) is 0. The van der Waals surface area contributed by atoms with Gasteiger partial charge < -0.3 is 29.2 Å². The van der Waals surface area contributed by atoms with Gasteiger partial charge in [0.15, 0.2) is 12.6 Å². The molecule has 0 aliphatic carbocycles. The number of hydrogen-bond donors (Lipinski definition) is 2. The zero-order chi connectivity index (χ0) is 17.9. The maximum atomic E-state index is 9.74. The van der Waals surface area contributed by atoms with E-state index in [9.17, 15) is 10.2 Å². The summed E-state index contributed by atoms with van der Waals surface area (Å²) in [5.74, 6) is 0. The molecule has 2 heterocycles. The molecule has 2 aliphatic heterocycles. The summed E-state index contributed by atoms with van der Waals surface area (Å²) in [5.41, 5.74) is 1.74. The van der Waals surface area contributed by atoms with E-state index in [-0.39, 0.29) is 13.2 Å². The molecule has 2 saturated heterocycles. The molecule has 6 heteroatoms. The number of aliphatic hydroxyl groups is 2. The average Bonchev–Trinajstić information content (AvgIpc) is 3.33. The molecular weight excluding hydrogens is 336 g/mol. The average molecular weight is 358 g/mol. The van der Waals surface area contributed by atoms with Crippen molar-refractivity contribution >= 4 is 0 Å². The van der Waals surface area contributed by atoms with Crippen molar-refractivity contribution in [3.05, 3.63) is 71.8 Å². The Morgan fingerprint density at radius 3 is 1.31 bits per heavy atom. The van der Waals surface area contributed by atoms with Crippen LogP contribution >= 0.6 is 0 Å². The lowest BCUT2D eigenvalue weighted by Gasteiger charge is -2.23. The molecule has 0 amide bonds. The van der Waals surface area contributed by atoms with E-state index in [0.29, 0.717) is 0 Å². The van der Waals surface area contributed by atoms with Gasteiger partial charge in [-0.2, -0.15) is 0 Å². The Bertz CT molecular complexity index is 632. The Hall–Kier alpha value is -1.80. The van der Waals surface area contributed by atoms with Crippen LogP contribution in [0.5, 0.6) is 0 Å². The number of benzene rings is 2. The smallest absolute Gasteiger partial charge is 0.184 e. The molecule has 4 rings (SSSR count). The van der Waals surface area contributed by atoms with Gasteiger partial charge in [-0.15, -0.1) is 0 Å². The summed E-state index contributed by atoms with van der Waals surface area (Å²) in [4.78, 5) is 0. The maximum Gasteiger partial charge on any atom is 0.184 e. The lowest BCUT2D eigenvalue weighted by molar-refractivity contribution is -0.107. The summed E-state index contributed by atoms with van der Waals surface area (Å²) in [6.07, 6.45) is -3.38. The highest BCUT2D eigenvalue weighted by atomic mass is 16.8. The summed E-state index contributed by atoms with van der Waals surface area (Å²) in [6.45, 7) is -0.413. The van der Waals surface area contributed by atoms with Crippen molar-refractivity contribution in [2.45, 2.75) is 37.0 Å². The Balaban J connectivity index is 1.53. The first-order valence-corrected chi connectivity index (χ1v) is 8.73. The molecule has 2 aliphatic rings. The zero-order valence-corrected chi connectivity index (χ0v) is 14.2. The van der Waals surface area contributed by atoms with Gasteiger partial charge in [0.05, 0.1) is 13.2 Å². The van der Waals surface area contributed by atoms with Crippen LogP contribution < -0.4 is 0 Å². The minimum absolute atomic E-state index is 0.206. The van der Waals surface area contributed by atoms with Crippen molar-refractivity contribution in [3.8, 4) is 0 Å². The molecule has 6 nitrogen and oxygen atoms in total. The molecule has 0 aromatic heterocycles. The minimum Gasteiger partial charge on any atom is -0.394 e. The Kier molecular flexibility index (Phi) is 5.31. The molecule has 2 fully saturated rings. The fourth-order valence-electron chi connectivity index (χ4n) is 3.40. The van der Waals surface area contributed by atoms with Gasteiger partial charge in [-0.25, -0.2) is 0 Å². The van der Waals surface area contributed by atoms with Crippen LogP contribution in [0.3, 0.4) is 0 Å². The molecule has 2 aromatic rings. The van der Waals surface area contributed by atoms with Crippen LogP contribution in [0.2, 0.25) is 0 Å². The lowest BCUT2D eigenvalue weighted by atomic mass is 10.0. The standard InChI is InChI=1S/C20H22O6/c21-11-15-17(25-19(23-15)13-7-3-1-4-8-13)18-16(12-22)24-20(26-18)14-9-5-2-6-10-14/h1-10,15-22H,11-12H2/t15-,16+,17-,18-,19-,20-/m1/s1. The zero-order valence-electron chi connectivity index (χ0n) is 14.2. The maximum absolute atomic E-state index is 9.74. The fraction of sp³-hybridized carbons (Fsp3) is 0.400. The van der Waals surface area contributed by atoms with Gasteiger partial charge in [-0.05, 0) is 0 Å². The van der Waals surface area contributed by atoms with Crippen LogP contribution in [0.15, 0.2) is 60.7 Å². The fourth-order valence-corrected chi connectivity index (χ4v) is 3.40. The third-order valence-corrected chi connectivity index (χ3v) is 4.72. The predicted molar refractivity (Wildman–Crippen MR) is 92.0 cm³/mol. The monoisotopic (exact) mass is 358 g/mol. The number of hydrogen-bond acceptors (Lipinski definition) is 6. The number of aliphatic hydroxyl groups excluding tert-OH is 2. The van der Waals surface area contributed by atoms with Crippen molar-refractivity contribution < 1.29 is 29.2 Å². The molecule has 2 aromatic carbocycles. The quantitative estimate of drug-likeness (QED) is 0.851. The van der Waals surface area contributed by atoms with Crippen molar-refractivity contribution in [2.24, 2.45) is 0 Å². The molecule has 0 saturated carbocycles. The first-order valence-electron chi connectivity index (χ1n) is 8.73. The van der Waals surface area contributed by atoms with E-state index in [1.54, 1.807) is 0 Å². The van der Waals surface area contributed by atoms with Gasteiger partial charge in [0, 0.05) is 11.1 Å². The van der Waals surface area contributed by atoms with Gasteiger partial charge in [-0.3, -0.25) is 0 Å². The van der Waals surface area contributed by atoms with E-state index < -0.39 is 37.0 Å². The van der Waals surface area contributed by atoms with E-state index in [0.717, 1.165) is 11.1 Å². The summed E-state index contributed by atoms with van der Waals surface area (Å²) in [6, 6.07) is 19.1. The van der Waals surface area contributed by atoms with E-state index in [4.69, 9.17) is 18.9 Å². The van der Waals surface area contributed by atoms with E-state index >= 15 is 0 Å². The van der Waals surface area contributed by atoms with Gasteiger partial charge >= 0.3 is 0 Å². The molecule has 0 radical (unpaired) electrons. The van der Waals surface area contributed by atoms with Gasteiger partial charge in [0.1, 0.15) is 24.4 Å². The van der Waals surface area contributed by atoms with E-state index in [1.807, 2.05) is 60.7 Å². The predicted octanol–water partition coefficient (Wildman–Crippen LogP) is 1.94. The second kappa shape index (κ2) is 7.84. The number of ether oxygens (including phenoxy) is 4. The second-order valence-electron chi connectivity index (χ2n) is 6.40. The molecule has 0 unspecified atom stereocenters. The first-order chi connectivity index (χ1) is 12.8. The van der Waals surface area contributed by atoms with Crippen molar-refractivity contribution in [3.63, 3.8) is 0 Å². The van der Waals surface area contributed by atoms with Crippen LogP contribution in [0, 0.1) is 0 Å². The molecule has 6 atom stereocenters. The van der Waals surface area contributed by atoms with Crippen molar-refractivity contribution in [1.82, 2.24) is 0 Å². The van der Waals surface area contributed by atoms with Crippen LogP contribution in [-0.2, 0) is 18.9 Å². The summed E-state index contributed by atoms with van der Waals surface area (Å²) in [5, 5.41) is 19.5. The minimum atomic E-state index is -0.586. The Morgan fingerprint density at radius 2 is 0.962 bits per heavy atom. The lowest BCUT2D eigenvalue weighted by Crippen LogP contribution is -2.44. The van der Waals surface area contributed by atoms with Gasteiger partial charge in [0.2, 0.25) is 0 Å². The number of rotatable bonds is 5. The third kappa shape index (κ3) is 3.40. The van der Waals surface area contributed by atoms with Crippen LogP contribution in [0.1, 0.15) is 23.7 Å². The molecule has 0 spiro atoms. The topological polar surface area (TPSA) is 77.4 Å². The first kappa shape index (κ1) is 17.6. The highest BCUT2D eigenvalue weighted by Crippen LogP contribution is 2.40. The van der Waals surface area contributed by atoms with Crippen LogP contribution in [0.4, 0.5) is 0 Å². The third-order valence-electron chi connectivity index (χ3n) is 4.72. The molecule has 2 N–H and O–H groups in total. The Labute approximate surface area is 151 Å². The molecule has 138 valence electrons. The largest absolute Gasteiger partial charge is 0.394 e. The highest BCUT2D eigenvalue weighted by molar-refractivity contribution is 5.18. The molecular formula is C20H22O6. The summed E-state index contributed by atoms with van der Waals surface area (Å²) < 4.78 is 23.8. The van der Waals surface area contributed by atoms with Crippen molar-refractivity contribution in [1.29, 1.82) is 0 Å². The normalized spacial score (nSPS) is 34.2.